The molecular formula is C18H30N2O. The van der Waals surface area contributed by atoms with Crippen molar-refractivity contribution in [2.45, 2.75) is 45.6 Å². The lowest BCUT2D eigenvalue weighted by molar-refractivity contribution is 0.187. The first-order valence-electron chi connectivity index (χ1n) is 8.41. The lowest BCUT2D eigenvalue weighted by atomic mass is 9.96. The monoisotopic (exact) mass is 290 g/mol. The molecule has 21 heavy (non-hydrogen) atoms. The van der Waals surface area contributed by atoms with Crippen molar-refractivity contribution in [2.75, 3.05) is 26.2 Å². The van der Waals surface area contributed by atoms with Crippen LogP contribution >= 0.6 is 0 Å². The van der Waals surface area contributed by atoms with Crippen LogP contribution in [0.2, 0.25) is 0 Å². The van der Waals surface area contributed by atoms with Gasteiger partial charge in [-0.05, 0) is 82.4 Å². The summed E-state index contributed by atoms with van der Waals surface area (Å²) in [6, 6.07) is 8.14. The Hall–Kier alpha value is -1.06. The van der Waals surface area contributed by atoms with Gasteiger partial charge in [0.1, 0.15) is 5.75 Å². The standard InChI is InChI=1S/C18H30N2O/c1-3-20-12-10-17(11-13-20)14-19-15(2)4-5-16-6-8-18(21)9-7-16/h6-9,15,17,19,21H,3-5,10-14H2,1-2H3. The molecule has 1 atom stereocenters. The summed E-state index contributed by atoms with van der Waals surface area (Å²) in [6.07, 6.45) is 4.90. The number of hydrogen-bond acceptors (Lipinski definition) is 3. The highest BCUT2D eigenvalue weighted by Crippen LogP contribution is 2.16. The van der Waals surface area contributed by atoms with Crippen LogP contribution < -0.4 is 5.32 Å². The normalized spacial score (nSPS) is 18.8. The van der Waals surface area contributed by atoms with Crippen LogP contribution in [0.5, 0.6) is 5.75 Å². The van der Waals surface area contributed by atoms with Gasteiger partial charge in [-0.3, -0.25) is 0 Å². The molecule has 0 radical (unpaired) electrons. The van der Waals surface area contributed by atoms with Crippen LogP contribution in [-0.4, -0.2) is 42.2 Å². The summed E-state index contributed by atoms with van der Waals surface area (Å²) < 4.78 is 0. The highest BCUT2D eigenvalue weighted by Gasteiger charge is 2.18. The Morgan fingerprint density at radius 2 is 1.90 bits per heavy atom. The van der Waals surface area contributed by atoms with Crippen molar-refractivity contribution in [3.8, 4) is 5.75 Å². The topological polar surface area (TPSA) is 35.5 Å². The van der Waals surface area contributed by atoms with Gasteiger partial charge in [-0.25, -0.2) is 0 Å². The number of piperidine rings is 1. The predicted octanol–water partition coefficient (Wildman–Crippen LogP) is 3.03. The Kier molecular flexibility index (Phi) is 6.52. The minimum absolute atomic E-state index is 0.350. The van der Waals surface area contributed by atoms with Gasteiger partial charge >= 0.3 is 0 Å². The van der Waals surface area contributed by atoms with E-state index in [1.54, 1.807) is 12.1 Å². The molecule has 3 nitrogen and oxygen atoms in total. The van der Waals surface area contributed by atoms with Gasteiger partial charge in [-0.1, -0.05) is 19.1 Å². The number of likely N-dealkylation sites (tertiary alicyclic amines) is 1. The Morgan fingerprint density at radius 1 is 1.24 bits per heavy atom. The molecule has 2 rings (SSSR count). The summed E-state index contributed by atoms with van der Waals surface area (Å²) in [6.45, 7) is 9.43. The van der Waals surface area contributed by atoms with Gasteiger partial charge < -0.3 is 15.3 Å². The first kappa shape index (κ1) is 16.3. The fourth-order valence-electron chi connectivity index (χ4n) is 3.02. The van der Waals surface area contributed by atoms with Crippen LogP contribution in [0, 0.1) is 5.92 Å². The Morgan fingerprint density at radius 3 is 2.52 bits per heavy atom. The molecule has 1 fully saturated rings. The number of aryl methyl sites for hydroxylation is 1. The smallest absolute Gasteiger partial charge is 0.115 e. The summed E-state index contributed by atoms with van der Waals surface area (Å²) in [5.74, 6) is 1.20. The second-order valence-electron chi connectivity index (χ2n) is 6.39. The number of nitrogens with zero attached hydrogens (tertiary/aromatic N) is 1. The molecule has 1 saturated heterocycles. The lowest BCUT2D eigenvalue weighted by Gasteiger charge is -2.31. The molecule has 0 bridgehead atoms. The summed E-state index contributed by atoms with van der Waals surface area (Å²) in [5, 5.41) is 13.0. The van der Waals surface area contributed by atoms with Crippen molar-refractivity contribution in [3.05, 3.63) is 29.8 Å². The van der Waals surface area contributed by atoms with E-state index in [0.717, 1.165) is 25.3 Å². The molecule has 1 heterocycles. The number of phenolic OH excluding ortho intramolecular Hbond substituents is 1. The van der Waals surface area contributed by atoms with Crippen molar-refractivity contribution >= 4 is 0 Å². The first-order chi connectivity index (χ1) is 10.2. The van der Waals surface area contributed by atoms with Gasteiger partial charge in [0, 0.05) is 6.04 Å². The van der Waals surface area contributed by atoms with E-state index in [1.165, 1.54) is 38.0 Å². The molecule has 2 N–H and O–H groups in total. The molecule has 118 valence electrons. The van der Waals surface area contributed by atoms with Crippen LogP contribution in [0.15, 0.2) is 24.3 Å². The minimum atomic E-state index is 0.350. The van der Waals surface area contributed by atoms with Crippen molar-refractivity contribution in [3.63, 3.8) is 0 Å². The third-order valence-electron chi connectivity index (χ3n) is 4.71. The zero-order chi connectivity index (χ0) is 15.1. The van der Waals surface area contributed by atoms with E-state index in [4.69, 9.17) is 0 Å². The number of benzene rings is 1. The minimum Gasteiger partial charge on any atom is -0.508 e. The molecule has 1 unspecified atom stereocenters. The second kappa shape index (κ2) is 8.40. The average Bonchev–Trinajstić information content (AvgIpc) is 2.53. The summed E-state index contributed by atoms with van der Waals surface area (Å²) in [4.78, 5) is 2.55. The SMILES string of the molecule is CCN1CCC(CNC(C)CCc2ccc(O)cc2)CC1. The van der Waals surface area contributed by atoms with Crippen LogP contribution in [0.3, 0.4) is 0 Å². The van der Waals surface area contributed by atoms with Gasteiger partial charge in [0.25, 0.3) is 0 Å². The number of nitrogens with one attached hydrogen (secondary N) is 1. The third-order valence-corrected chi connectivity index (χ3v) is 4.71. The molecular weight excluding hydrogens is 260 g/mol. The van der Waals surface area contributed by atoms with E-state index < -0.39 is 0 Å². The molecule has 0 spiro atoms. The van der Waals surface area contributed by atoms with Gasteiger partial charge in [0.05, 0.1) is 0 Å². The van der Waals surface area contributed by atoms with Crippen molar-refractivity contribution in [2.24, 2.45) is 5.92 Å². The quantitative estimate of drug-likeness (QED) is 0.810. The highest BCUT2D eigenvalue weighted by molar-refractivity contribution is 5.25. The fraction of sp³-hybridized carbons (Fsp3) is 0.667. The molecule has 0 aromatic heterocycles. The summed E-state index contributed by atoms with van der Waals surface area (Å²) in [7, 11) is 0. The summed E-state index contributed by atoms with van der Waals surface area (Å²) in [5.41, 5.74) is 1.30. The van der Waals surface area contributed by atoms with E-state index in [0.29, 0.717) is 11.8 Å². The highest BCUT2D eigenvalue weighted by atomic mass is 16.3. The van der Waals surface area contributed by atoms with E-state index in [1.807, 2.05) is 12.1 Å². The number of rotatable bonds is 7. The number of phenols is 1. The molecule has 0 saturated carbocycles. The van der Waals surface area contributed by atoms with Crippen LogP contribution in [-0.2, 0) is 6.42 Å². The molecule has 1 aromatic carbocycles. The largest absolute Gasteiger partial charge is 0.508 e. The molecule has 1 aromatic rings. The Labute approximate surface area is 129 Å². The maximum Gasteiger partial charge on any atom is 0.115 e. The lowest BCUT2D eigenvalue weighted by Crippen LogP contribution is -2.39. The van der Waals surface area contributed by atoms with Crippen molar-refractivity contribution in [1.82, 2.24) is 10.2 Å². The predicted molar refractivity (Wildman–Crippen MR) is 88.7 cm³/mol. The molecule has 1 aliphatic rings. The van der Waals surface area contributed by atoms with Gasteiger partial charge in [0.2, 0.25) is 0 Å². The van der Waals surface area contributed by atoms with Gasteiger partial charge in [-0.15, -0.1) is 0 Å². The average molecular weight is 290 g/mol. The van der Waals surface area contributed by atoms with Crippen molar-refractivity contribution < 1.29 is 5.11 Å². The van der Waals surface area contributed by atoms with Gasteiger partial charge in [0.15, 0.2) is 0 Å². The zero-order valence-electron chi connectivity index (χ0n) is 13.5. The van der Waals surface area contributed by atoms with E-state index >= 15 is 0 Å². The maximum atomic E-state index is 9.28. The van der Waals surface area contributed by atoms with Gasteiger partial charge in [-0.2, -0.15) is 0 Å². The molecule has 0 amide bonds. The second-order valence-corrected chi connectivity index (χ2v) is 6.39. The van der Waals surface area contributed by atoms with Crippen LogP contribution in [0.4, 0.5) is 0 Å². The third kappa shape index (κ3) is 5.68. The molecule has 3 heteroatoms. The Bertz CT molecular complexity index is 396. The first-order valence-corrected chi connectivity index (χ1v) is 8.41. The zero-order valence-corrected chi connectivity index (χ0v) is 13.5. The van der Waals surface area contributed by atoms with E-state index in [9.17, 15) is 5.11 Å². The fourth-order valence-corrected chi connectivity index (χ4v) is 3.02. The van der Waals surface area contributed by atoms with Crippen molar-refractivity contribution in [1.29, 1.82) is 0 Å². The van der Waals surface area contributed by atoms with E-state index in [-0.39, 0.29) is 0 Å². The van der Waals surface area contributed by atoms with Crippen LogP contribution in [0.1, 0.15) is 38.7 Å². The summed E-state index contributed by atoms with van der Waals surface area (Å²) >= 11 is 0. The number of hydrogen-bond donors (Lipinski definition) is 2. The van der Waals surface area contributed by atoms with E-state index in [2.05, 4.69) is 24.1 Å². The molecule has 1 aliphatic heterocycles. The Balaban J connectivity index is 1.61. The molecule has 0 aliphatic carbocycles. The van der Waals surface area contributed by atoms with Crippen LogP contribution in [0.25, 0.3) is 0 Å². The maximum absolute atomic E-state index is 9.28. The number of aromatic hydroxyl groups is 1.